The molecule has 672 valence electrons. The second-order valence-electron chi connectivity index (χ2n) is 28.1. The average molecular weight is 1840 g/mol. The van der Waals surface area contributed by atoms with Crippen LogP contribution in [-0.4, -0.2) is 281 Å². The summed E-state index contributed by atoms with van der Waals surface area (Å²) in [6.07, 6.45) is -26.0. The number of imidazole rings is 3. The van der Waals surface area contributed by atoms with Gasteiger partial charge in [-0.15, -0.1) is 5.92 Å². The third kappa shape index (κ3) is 20.6. The predicted molar refractivity (Wildman–Crippen MR) is 406 cm³/mol. The molecule has 5 saturated heterocycles. The molecule has 0 bridgehead atoms. The summed E-state index contributed by atoms with van der Waals surface area (Å²) in [5, 5.41) is 47.2. The number of phosphoric acid groups is 5. The van der Waals surface area contributed by atoms with Gasteiger partial charge in [-0.3, -0.25) is 87.6 Å². The normalized spacial score (nSPS) is 31.1. The number of nitrogens with one attached hydrogen (secondary N) is 2. The Morgan fingerprint density at radius 3 is 1.47 bits per heavy atom. The van der Waals surface area contributed by atoms with Crippen LogP contribution in [0.2, 0.25) is 0 Å². The van der Waals surface area contributed by atoms with Crippen molar-refractivity contribution >= 4 is 96.0 Å². The lowest BCUT2D eigenvalue weighted by molar-refractivity contribution is -0.0661. The molecule has 0 spiro atoms. The van der Waals surface area contributed by atoms with Gasteiger partial charge in [-0.05, 0) is 38.2 Å². The van der Waals surface area contributed by atoms with Gasteiger partial charge in [-0.2, -0.15) is 9.97 Å². The van der Waals surface area contributed by atoms with E-state index in [1.165, 1.54) is 18.0 Å². The van der Waals surface area contributed by atoms with E-state index in [1.807, 2.05) is 4.98 Å². The van der Waals surface area contributed by atoms with Gasteiger partial charge in [0.15, 0.2) is 65.2 Å². The van der Waals surface area contributed by atoms with Gasteiger partial charge in [0, 0.05) is 45.7 Å². The maximum Gasteiger partial charge on any atom is 0.472 e. The molecule has 123 heavy (non-hydrogen) atoms. The minimum Gasteiger partial charge on any atom is -0.387 e. The molecule has 8 aromatic rings. The van der Waals surface area contributed by atoms with Crippen molar-refractivity contribution < 1.29 is 151 Å². The number of H-pyrrole nitrogens is 2. The molecular weight excluding hydrogens is 1760 g/mol. The number of ether oxygens (including phenoxy) is 8. The van der Waals surface area contributed by atoms with Crippen molar-refractivity contribution in [2.75, 3.05) is 83.4 Å². The van der Waals surface area contributed by atoms with Crippen LogP contribution in [0.5, 0.6) is 0 Å². The van der Waals surface area contributed by atoms with Gasteiger partial charge in [-0.1, -0.05) is 12.3 Å². The molecule has 6 unspecified atom stereocenters. The second-order valence-corrected chi connectivity index (χ2v) is 35.2. The highest BCUT2D eigenvalue weighted by Crippen LogP contribution is 2.56. The highest BCUT2D eigenvalue weighted by Gasteiger charge is 2.57. The van der Waals surface area contributed by atoms with Crippen LogP contribution in [-0.2, 0) is 106 Å². The fourth-order valence-electron chi connectivity index (χ4n) is 14.2. The van der Waals surface area contributed by atoms with E-state index < -0.39 is 217 Å². The van der Waals surface area contributed by atoms with Crippen LogP contribution < -0.4 is 45.4 Å². The summed E-state index contributed by atoms with van der Waals surface area (Å²) in [4.78, 5) is 149. The Balaban J connectivity index is 0.674. The van der Waals surface area contributed by atoms with Crippen LogP contribution in [0.25, 0.3) is 33.5 Å². The minimum atomic E-state index is -5.94. The number of hydrogen-bond donors (Lipinski definition) is 15. The lowest BCUT2D eigenvalue weighted by Gasteiger charge is -2.27. The number of anilines is 4. The van der Waals surface area contributed by atoms with E-state index in [0.29, 0.717) is 15.6 Å². The second kappa shape index (κ2) is 37.8. The van der Waals surface area contributed by atoms with E-state index in [0.717, 1.165) is 98.2 Å². The topological polar surface area (TPSA) is 778 Å². The third-order valence-corrected chi connectivity index (χ3v) is 25.0. The SMILES string of the molecule is CO[C@@H]1[C@H](O)[C@@H](COP(=O)(O)O[C@H]2[C@@H](O)[C@H](n3ccc(N)nc3=O)O[C@@H]2COP(=O)(O)O[C@H]2[C@@H](O)[C@H](n3cnc4c(N)ncnc43)O[C@@H]2COP(=O)(O)O[C@H]2[C@@H](O)[C@H](n3ccc(=O)[nH]c3=O)O[C@@H]2COP(=O)(O)O[C@H]2[C@@H](OC)[C@H](n3cnc4c(=O)[nH]c(N)nc43)O[C@@H]2COP(=O)(O)OCCCCOC2C#CCCCCC2)O[C@H]1n1cnc2c(N)ncnc21. The number of phosphoric ester groups is 5. The number of rotatable bonds is 37. The van der Waals surface area contributed by atoms with Gasteiger partial charge in [0.2, 0.25) is 5.95 Å². The summed E-state index contributed by atoms with van der Waals surface area (Å²) in [7, 11) is -25.9. The highest BCUT2D eigenvalue weighted by atomic mass is 31.2. The Morgan fingerprint density at radius 2 is 0.927 bits per heavy atom. The highest BCUT2D eigenvalue weighted by molar-refractivity contribution is 7.48. The first kappa shape index (κ1) is 91.1. The maximum atomic E-state index is 14.5. The van der Waals surface area contributed by atoms with Gasteiger partial charge >= 0.3 is 50.5 Å². The minimum absolute atomic E-state index is 0.000673. The molecule has 0 aromatic carbocycles. The molecule has 5 fully saturated rings. The smallest absolute Gasteiger partial charge is 0.387 e. The maximum absolute atomic E-state index is 14.5. The Labute approximate surface area is 688 Å². The number of nitrogens with two attached hydrogens (primary N) is 4. The largest absolute Gasteiger partial charge is 0.472 e. The van der Waals surface area contributed by atoms with Crippen molar-refractivity contribution in [2.24, 2.45) is 0 Å². The van der Waals surface area contributed by atoms with E-state index in [1.54, 1.807) is 0 Å². The average Bonchev–Trinajstić information content (AvgIpc) is 1.62. The van der Waals surface area contributed by atoms with Gasteiger partial charge in [-0.25, -0.2) is 67.3 Å². The summed E-state index contributed by atoms with van der Waals surface area (Å²) in [5.74, 6) is 5.28. The first-order valence-corrected chi connectivity index (χ1v) is 44.6. The number of aromatic amines is 2. The van der Waals surface area contributed by atoms with Gasteiger partial charge in [0.05, 0.1) is 58.6 Å². The Morgan fingerprint density at radius 1 is 0.472 bits per heavy atom. The standard InChI is InChI=1S/C62H83N20O36P5/c1-101-47-39(84)29(110-58(47)81-26-72-37-50(65)68-24-70-52(37)81)18-106-120(93,94)115-43-30(111-55(40(43)85)78-14-12-34(63)74-61(78)89)19-107-122(97,98)117-45-32(113-57(42(45)87)80-25-71-36-49(64)67-23-69-51(36)80)21-108-121(95,96)116-44-31(112-56(41(44)86)79-15-13-35(83)75-62(79)90)20-109-123(99,100)118-46-33(114-59(48(46)102-2)82-27-73-38-53(82)76-60(66)77-54(38)88)22-105-119(91,92)104-17-9-8-16-103-28-10-6-4-3-5-7-11-28/h12-15,23-33,39-48,55-59,84-87H,3-6,8-10,16-22H2,1-2H3,(H,91,92)(H,93,94)(H,95,96)(H,97,98)(H,99,100)(H2,63,74,89)(H2,64,67,69)(H2,65,68,70)(H,75,83,90)(H3,66,76,77,88)/t28?,29-,30-,31-,32-,33-,39-,40-,41-,42-,43-,44-,45-,46-,47-,48-,55-,56-,57-,58-,59-/m1/s1. The molecule has 8 aromatic heterocycles. The Hall–Kier alpha value is -8.16. The van der Waals surface area contributed by atoms with Crippen LogP contribution in [0, 0.1) is 11.8 Å². The Bertz CT molecular complexity index is 5700. The van der Waals surface area contributed by atoms with Crippen molar-refractivity contribution in [2.45, 2.75) is 174 Å². The zero-order chi connectivity index (χ0) is 87.8. The molecule has 61 heteroatoms. The van der Waals surface area contributed by atoms with E-state index in [4.69, 9.17) is 106 Å². The number of aliphatic hydroxyl groups excluding tert-OH is 4. The number of methoxy groups -OCH3 is 2. The van der Waals surface area contributed by atoms with Crippen molar-refractivity contribution in [1.29, 1.82) is 0 Å². The molecule has 6 aliphatic rings. The number of hydrogen-bond acceptors (Lipinski definition) is 44. The fourth-order valence-corrected chi connectivity index (χ4v) is 18.9. The fraction of sp³-hybridized carbons (Fsp3) is 0.597. The Kier molecular flexibility index (Phi) is 28.0. The summed E-state index contributed by atoms with van der Waals surface area (Å²) in [5.41, 5.74) is 19.0. The molecule has 26 atom stereocenters. The van der Waals surface area contributed by atoms with Crippen molar-refractivity contribution in [3.8, 4) is 11.8 Å². The number of unbranched alkanes of at least 4 members (excludes halogenated alkanes) is 1. The molecule has 0 radical (unpaired) electrons. The molecule has 19 N–H and O–H groups in total. The van der Waals surface area contributed by atoms with E-state index >= 15 is 0 Å². The first-order valence-electron chi connectivity index (χ1n) is 37.1. The summed E-state index contributed by atoms with van der Waals surface area (Å²) in [6, 6.07) is 1.89. The quantitative estimate of drug-likeness (QED) is 0.0106. The zero-order valence-electron chi connectivity index (χ0n) is 64.1. The van der Waals surface area contributed by atoms with Crippen molar-refractivity contribution in [1.82, 2.24) is 77.7 Å². The van der Waals surface area contributed by atoms with Gasteiger partial charge < -0.3 is 106 Å². The van der Waals surface area contributed by atoms with Crippen LogP contribution in [0.3, 0.4) is 0 Å². The number of aromatic nitrogens is 16. The lowest BCUT2D eigenvalue weighted by atomic mass is 10.1. The number of nitrogen functional groups attached to an aromatic ring is 4. The molecule has 1 aliphatic carbocycles. The van der Waals surface area contributed by atoms with E-state index in [-0.39, 0.29) is 82.6 Å². The van der Waals surface area contributed by atoms with Crippen LogP contribution in [0.4, 0.5) is 23.4 Å². The number of fused-ring (bicyclic) bond motifs is 3. The van der Waals surface area contributed by atoms with Gasteiger partial charge in [0.1, 0.15) is 127 Å². The van der Waals surface area contributed by atoms with Gasteiger partial charge in [0.25, 0.3) is 11.1 Å². The number of aliphatic hydroxyl groups is 4. The predicted octanol–water partition coefficient (Wildman–Crippen LogP) is -2.83. The molecule has 14 rings (SSSR count). The summed E-state index contributed by atoms with van der Waals surface area (Å²) < 4.78 is 177. The summed E-state index contributed by atoms with van der Waals surface area (Å²) >= 11 is 0. The zero-order valence-corrected chi connectivity index (χ0v) is 68.5. The monoisotopic (exact) mass is 1840 g/mol. The van der Waals surface area contributed by atoms with Crippen LogP contribution in [0.1, 0.15) is 76.1 Å². The van der Waals surface area contributed by atoms with Crippen LogP contribution >= 0.6 is 39.1 Å². The van der Waals surface area contributed by atoms with E-state index in [2.05, 4.69) is 61.7 Å². The number of nitrogens with zero attached hydrogens (tertiary/aromatic N) is 14. The molecule has 56 nitrogen and oxygen atoms in total. The third-order valence-electron chi connectivity index (χ3n) is 20.0. The molecule has 0 amide bonds. The molecule has 5 aliphatic heterocycles. The van der Waals surface area contributed by atoms with Crippen molar-refractivity contribution in [3.63, 3.8) is 0 Å². The summed E-state index contributed by atoms with van der Waals surface area (Å²) in [6.45, 7) is -6.03. The van der Waals surface area contributed by atoms with E-state index in [9.17, 15) is 86.9 Å². The molecular formula is C62H83N20O36P5. The lowest BCUT2D eigenvalue weighted by Crippen LogP contribution is -2.39. The first-order chi connectivity index (χ1) is 58.5. The molecule has 13 heterocycles. The van der Waals surface area contributed by atoms with Crippen LogP contribution in [0.15, 0.2) is 75.3 Å². The molecule has 0 saturated carbocycles. The van der Waals surface area contributed by atoms with Crippen molar-refractivity contribution in [3.05, 3.63) is 97.8 Å².